The van der Waals surface area contributed by atoms with Crippen LogP contribution in [0.4, 0.5) is 16.2 Å². The fourth-order valence-electron chi connectivity index (χ4n) is 3.07. The van der Waals surface area contributed by atoms with E-state index in [1.165, 1.54) is 6.07 Å². The molecule has 1 aromatic carbocycles. The van der Waals surface area contributed by atoms with E-state index in [9.17, 15) is 14.9 Å². The number of amides is 1. The molecule has 0 unspecified atom stereocenters. The molecule has 1 aromatic rings. The third kappa shape index (κ3) is 5.59. The van der Waals surface area contributed by atoms with Crippen LogP contribution >= 0.6 is 0 Å². The number of rotatable bonds is 5. The summed E-state index contributed by atoms with van der Waals surface area (Å²) in [6.07, 6.45) is 1.03. The summed E-state index contributed by atoms with van der Waals surface area (Å²) in [5.41, 5.74) is 1.22. The van der Waals surface area contributed by atoms with Gasteiger partial charge in [-0.2, -0.15) is 0 Å². The molecule has 1 aliphatic heterocycles. The molecule has 2 rings (SSSR count). The molecule has 8 nitrogen and oxygen atoms in total. The SMILES string of the molecule is CNc1c(CN2CCC(OC(=O)NC(C)(C)C)CC2)cccc1[N+](=O)[O-]. The summed E-state index contributed by atoms with van der Waals surface area (Å²) in [4.78, 5) is 24.9. The lowest BCUT2D eigenvalue weighted by Gasteiger charge is -2.32. The highest BCUT2D eigenvalue weighted by Gasteiger charge is 2.25. The molecule has 8 heteroatoms. The summed E-state index contributed by atoms with van der Waals surface area (Å²) in [5.74, 6) is 0. The maximum atomic E-state index is 11.9. The molecule has 1 heterocycles. The molecular formula is C18H28N4O4. The summed E-state index contributed by atoms with van der Waals surface area (Å²) in [6.45, 7) is 7.91. The van der Waals surface area contributed by atoms with Gasteiger partial charge in [-0.05, 0) is 39.2 Å². The quantitative estimate of drug-likeness (QED) is 0.615. The first-order valence-electron chi connectivity index (χ1n) is 8.85. The van der Waals surface area contributed by atoms with Gasteiger partial charge >= 0.3 is 6.09 Å². The van der Waals surface area contributed by atoms with Crippen molar-refractivity contribution in [2.24, 2.45) is 0 Å². The standard InChI is InChI=1S/C18H28N4O4/c1-18(2,3)20-17(23)26-14-8-10-21(11-9-14)12-13-6-5-7-15(22(24)25)16(13)19-4/h5-7,14,19H,8-12H2,1-4H3,(H,20,23). The Bertz CT molecular complexity index is 649. The zero-order valence-corrected chi connectivity index (χ0v) is 15.9. The van der Waals surface area contributed by atoms with E-state index in [0.717, 1.165) is 31.5 Å². The molecule has 0 bridgehead atoms. The van der Waals surface area contributed by atoms with Crippen LogP contribution in [0, 0.1) is 10.1 Å². The number of alkyl carbamates (subject to hydrolysis) is 1. The first-order chi connectivity index (χ1) is 12.2. The lowest BCUT2D eigenvalue weighted by atomic mass is 10.1. The topological polar surface area (TPSA) is 96.7 Å². The van der Waals surface area contributed by atoms with E-state index in [-0.39, 0.29) is 28.3 Å². The molecule has 1 amide bonds. The molecular weight excluding hydrogens is 336 g/mol. The number of hydrogen-bond acceptors (Lipinski definition) is 6. The number of likely N-dealkylation sites (tertiary alicyclic amines) is 1. The predicted octanol–water partition coefficient (Wildman–Crippen LogP) is 3.13. The fourth-order valence-corrected chi connectivity index (χ4v) is 3.07. The monoisotopic (exact) mass is 364 g/mol. The zero-order chi connectivity index (χ0) is 19.3. The molecule has 0 saturated carbocycles. The van der Waals surface area contributed by atoms with Gasteiger partial charge in [0.2, 0.25) is 0 Å². The van der Waals surface area contributed by atoms with Crippen molar-refractivity contribution in [3.63, 3.8) is 0 Å². The second-order valence-corrected chi connectivity index (χ2v) is 7.57. The van der Waals surface area contributed by atoms with Crippen LogP contribution in [0.5, 0.6) is 0 Å². The van der Waals surface area contributed by atoms with Crippen molar-refractivity contribution >= 4 is 17.5 Å². The van der Waals surface area contributed by atoms with Crippen LogP contribution in [-0.4, -0.2) is 47.7 Å². The lowest BCUT2D eigenvalue weighted by Crippen LogP contribution is -2.44. The number of anilines is 1. The van der Waals surface area contributed by atoms with Crippen LogP contribution in [0.2, 0.25) is 0 Å². The van der Waals surface area contributed by atoms with Crippen molar-refractivity contribution in [2.75, 3.05) is 25.5 Å². The molecule has 1 aliphatic rings. The molecule has 0 aliphatic carbocycles. The normalized spacial score (nSPS) is 16.2. The van der Waals surface area contributed by atoms with Gasteiger partial charge in [0.05, 0.1) is 4.92 Å². The minimum atomic E-state index is -0.382. The Morgan fingerprint density at radius 3 is 2.54 bits per heavy atom. The average Bonchev–Trinajstić information content (AvgIpc) is 2.54. The third-order valence-corrected chi connectivity index (χ3v) is 4.25. The number of carbonyl (C=O) groups is 1. The van der Waals surface area contributed by atoms with Crippen molar-refractivity contribution in [3.05, 3.63) is 33.9 Å². The van der Waals surface area contributed by atoms with Crippen LogP contribution in [-0.2, 0) is 11.3 Å². The number of nitrogens with one attached hydrogen (secondary N) is 2. The number of carbonyl (C=O) groups excluding carboxylic acids is 1. The fraction of sp³-hybridized carbons (Fsp3) is 0.611. The van der Waals surface area contributed by atoms with E-state index < -0.39 is 0 Å². The third-order valence-electron chi connectivity index (χ3n) is 4.25. The van der Waals surface area contributed by atoms with Crippen LogP contribution < -0.4 is 10.6 Å². The Morgan fingerprint density at radius 2 is 2.00 bits per heavy atom. The van der Waals surface area contributed by atoms with Gasteiger partial charge in [0.1, 0.15) is 11.8 Å². The predicted molar refractivity (Wildman–Crippen MR) is 100 cm³/mol. The number of nitrogens with zero attached hydrogens (tertiary/aromatic N) is 2. The first kappa shape index (κ1) is 20.0. The molecule has 2 N–H and O–H groups in total. The summed E-state index contributed by atoms with van der Waals surface area (Å²) < 4.78 is 5.48. The van der Waals surface area contributed by atoms with E-state index in [2.05, 4.69) is 15.5 Å². The molecule has 0 atom stereocenters. The second-order valence-electron chi connectivity index (χ2n) is 7.57. The van der Waals surface area contributed by atoms with E-state index in [1.807, 2.05) is 26.8 Å². The van der Waals surface area contributed by atoms with Crippen LogP contribution in [0.3, 0.4) is 0 Å². The number of benzene rings is 1. The zero-order valence-electron chi connectivity index (χ0n) is 15.9. The number of nitro benzene ring substituents is 1. The van der Waals surface area contributed by atoms with Crippen LogP contribution in [0.15, 0.2) is 18.2 Å². The Balaban J connectivity index is 1.90. The second kappa shape index (κ2) is 8.35. The molecule has 1 saturated heterocycles. The van der Waals surface area contributed by atoms with E-state index in [0.29, 0.717) is 12.2 Å². The van der Waals surface area contributed by atoms with Crippen molar-refractivity contribution < 1.29 is 14.5 Å². The van der Waals surface area contributed by atoms with Gasteiger partial charge in [0.25, 0.3) is 5.69 Å². The molecule has 144 valence electrons. The number of piperidine rings is 1. The van der Waals surface area contributed by atoms with E-state index >= 15 is 0 Å². The van der Waals surface area contributed by atoms with Gasteiger partial charge in [-0.15, -0.1) is 0 Å². The number of nitro groups is 1. The van der Waals surface area contributed by atoms with Gasteiger partial charge in [-0.1, -0.05) is 12.1 Å². The van der Waals surface area contributed by atoms with E-state index in [4.69, 9.17) is 4.74 Å². The van der Waals surface area contributed by atoms with Crippen LogP contribution in [0.25, 0.3) is 0 Å². The molecule has 0 radical (unpaired) electrons. The summed E-state index contributed by atoms with van der Waals surface area (Å²) in [7, 11) is 1.69. The molecule has 26 heavy (non-hydrogen) atoms. The van der Waals surface area contributed by atoms with Gasteiger partial charge in [-0.25, -0.2) is 4.79 Å². The Morgan fingerprint density at radius 1 is 1.35 bits per heavy atom. The van der Waals surface area contributed by atoms with Crippen LogP contribution in [0.1, 0.15) is 39.2 Å². The minimum Gasteiger partial charge on any atom is -0.446 e. The number of ether oxygens (including phenoxy) is 1. The Kier molecular flexibility index (Phi) is 6.42. The summed E-state index contributed by atoms with van der Waals surface area (Å²) in [5, 5.41) is 16.9. The first-order valence-corrected chi connectivity index (χ1v) is 8.85. The Labute approximate surface area is 154 Å². The molecule has 0 spiro atoms. The maximum Gasteiger partial charge on any atom is 0.407 e. The number of para-hydroxylation sites is 1. The van der Waals surface area contributed by atoms with Crippen molar-refractivity contribution in [1.82, 2.24) is 10.2 Å². The largest absolute Gasteiger partial charge is 0.446 e. The highest BCUT2D eigenvalue weighted by atomic mass is 16.6. The summed E-state index contributed by atoms with van der Waals surface area (Å²) >= 11 is 0. The molecule has 1 fully saturated rings. The van der Waals surface area contributed by atoms with Crippen molar-refractivity contribution in [1.29, 1.82) is 0 Å². The highest BCUT2D eigenvalue weighted by Crippen LogP contribution is 2.29. The highest BCUT2D eigenvalue weighted by molar-refractivity contribution is 5.68. The smallest absolute Gasteiger partial charge is 0.407 e. The van der Waals surface area contributed by atoms with Gasteiger partial charge < -0.3 is 15.4 Å². The average molecular weight is 364 g/mol. The maximum absolute atomic E-state index is 11.9. The van der Waals surface area contributed by atoms with Gasteiger partial charge in [0, 0.05) is 38.3 Å². The molecule has 0 aromatic heterocycles. The van der Waals surface area contributed by atoms with Crippen molar-refractivity contribution in [3.8, 4) is 0 Å². The Hall–Kier alpha value is -2.35. The van der Waals surface area contributed by atoms with Gasteiger partial charge in [0.15, 0.2) is 0 Å². The lowest BCUT2D eigenvalue weighted by molar-refractivity contribution is -0.384. The van der Waals surface area contributed by atoms with Crippen molar-refractivity contribution in [2.45, 2.75) is 51.8 Å². The van der Waals surface area contributed by atoms with Gasteiger partial charge in [-0.3, -0.25) is 15.0 Å². The number of hydrogen-bond donors (Lipinski definition) is 2. The summed E-state index contributed by atoms with van der Waals surface area (Å²) in [6, 6.07) is 5.11. The van der Waals surface area contributed by atoms with E-state index in [1.54, 1.807) is 13.1 Å². The minimum absolute atomic E-state index is 0.0853.